The van der Waals surface area contributed by atoms with Crippen LogP contribution in [0.25, 0.3) is 20.8 Å². The van der Waals surface area contributed by atoms with Crippen LogP contribution in [0.3, 0.4) is 0 Å². The largest absolute Gasteiger partial charge is 0.396 e. The number of nitrogens with zero attached hydrogens (tertiary/aromatic N) is 4. The lowest BCUT2D eigenvalue weighted by Crippen LogP contribution is -2.48. The number of aryl methyl sites for hydroxylation is 2. The lowest BCUT2D eigenvalue weighted by atomic mass is 10.0. The predicted octanol–water partition coefficient (Wildman–Crippen LogP) is 2.70. The molecule has 0 spiro atoms. The standard InChI is InChI=1S/C23H30N6O3S/c1-3-15-18-16(7-9-24-15)33-21(27-18)17-12(2)26-22(25-10-13-4-5-13)28-20(17)29-23(32)8-6-14(11-30)19(23)31/h7,9,13-14,19,30-32H,3-6,8,10-11H2,1-2H3,(H2,25,26,28,29). The third kappa shape index (κ3) is 4.28. The van der Waals surface area contributed by atoms with E-state index in [1.165, 1.54) is 24.2 Å². The van der Waals surface area contributed by atoms with E-state index in [1.807, 2.05) is 13.0 Å². The van der Waals surface area contributed by atoms with Gasteiger partial charge >= 0.3 is 0 Å². The molecule has 3 aromatic heterocycles. The van der Waals surface area contributed by atoms with Gasteiger partial charge in [0.05, 0.1) is 21.7 Å². The van der Waals surface area contributed by atoms with Gasteiger partial charge in [0.2, 0.25) is 5.95 Å². The van der Waals surface area contributed by atoms with E-state index in [0.29, 0.717) is 36.1 Å². The Morgan fingerprint density at radius 3 is 2.73 bits per heavy atom. The van der Waals surface area contributed by atoms with Crippen LogP contribution in [0.15, 0.2) is 12.3 Å². The number of fused-ring (bicyclic) bond motifs is 1. The van der Waals surface area contributed by atoms with Crippen LogP contribution in [0.1, 0.15) is 44.0 Å². The fourth-order valence-corrected chi connectivity index (χ4v) is 5.54. The highest BCUT2D eigenvalue weighted by Gasteiger charge is 2.47. The molecule has 0 aliphatic heterocycles. The van der Waals surface area contributed by atoms with Crippen molar-refractivity contribution in [3.8, 4) is 10.6 Å². The molecule has 176 valence electrons. The van der Waals surface area contributed by atoms with E-state index in [1.54, 1.807) is 6.20 Å². The van der Waals surface area contributed by atoms with Crippen LogP contribution >= 0.6 is 11.3 Å². The molecule has 0 amide bonds. The molecule has 5 rings (SSSR count). The van der Waals surface area contributed by atoms with Crippen LogP contribution < -0.4 is 10.6 Å². The number of hydrogen-bond acceptors (Lipinski definition) is 10. The lowest BCUT2D eigenvalue weighted by molar-refractivity contribution is -0.0545. The molecular weight excluding hydrogens is 440 g/mol. The first-order valence-electron chi connectivity index (χ1n) is 11.6. The molecule has 0 bridgehead atoms. The van der Waals surface area contributed by atoms with Crippen molar-refractivity contribution in [2.24, 2.45) is 11.8 Å². The number of thiazole rings is 1. The number of anilines is 2. The summed E-state index contributed by atoms with van der Waals surface area (Å²) in [4.78, 5) is 18.7. The Balaban J connectivity index is 1.57. The molecule has 10 heteroatoms. The smallest absolute Gasteiger partial charge is 0.224 e. The molecule has 9 nitrogen and oxygen atoms in total. The number of rotatable bonds is 8. The summed E-state index contributed by atoms with van der Waals surface area (Å²) in [5.74, 6) is 1.17. The summed E-state index contributed by atoms with van der Waals surface area (Å²) in [6.45, 7) is 4.59. The molecule has 3 heterocycles. The summed E-state index contributed by atoms with van der Waals surface area (Å²) in [7, 11) is 0. The quantitative estimate of drug-likeness (QED) is 0.315. The molecule has 0 aromatic carbocycles. The molecule has 3 atom stereocenters. The van der Waals surface area contributed by atoms with Gasteiger partial charge in [-0.05, 0) is 51.0 Å². The molecule has 3 unspecified atom stereocenters. The third-order valence-corrected chi connectivity index (χ3v) is 7.71. The van der Waals surface area contributed by atoms with Gasteiger partial charge in [-0.1, -0.05) is 6.92 Å². The van der Waals surface area contributed by atoms with Crippen molar-refractivity contribution >= 4 is 33.3 Å². The zero-order valence-corrected chi connectivity index (χ0v) is 19.7. The molecule has 0 radical (unpaired) electrons. The molecule has 2 fully saturated rings. The maximum absolute atomic E-state index is 11.2. The SMILES string of the molecule is CCc1nccc2sc(-c3c(C)nc(NCC4CC4)nc3NC3(O)CCC(CO)C3O)nc12. The highest BCUT2D eigenvalue weighted by atomic mass is 32.1. The van der Waals surface area contributed by atoms with Gasteiger partial charge in [-0.2, -0.15) is 4.98 Å². The topological polar surface area (TPSA) is 136 Å². The summed E-state index contributed by atoms with van der Waals surface area (Å²) in [5, 5.41) is 38.6. The van der Waals surface area contributed by atoms with Gasteiger partial charge in [0.15, 0.2) is 5.72 Å². The number of pyridine rings is 1. The Morgan fingerprint density at radius 2 is 2.03 bits per heavy atom. The fraction of sp³-hybridized carbons (Fsp3) is 0.565. The van der Waals surface area contributed by atoms with E-state index in [9.17, 15) is 15.3 Å². The minimum atomic E-state index is -1.59. The van der Waals surface area contributed by atoms with Crippen molar-refractivity contribution in [1.82, 2.24) is 19.9 Å². The van der Waals surface area contributed by atoms with Crippen molar-refractivity contribution in [1.29, 1.82) is 0 Å². The highest BCUT2D eigenvalue weighted by Crippen LogP contribution is 2.41. The summed E-state index contributed by atoms with van der Waals surface area (Å²) in [6.07, 6.45) is 4.70. The van der Waals surface area contributed by atoms with Gasteiger partial charge in [0.25, 0.3) is 0 Å². The van der Waals surface area contributed by atoms with Crippen LogP contribution in [0.4, 0.5) is 11.8 Å². The molecule has 3 aromatic rings. The van der Waals surface area contributed by atoms with Gasteiger partial charge < -0.3 is 26.0 Å². The van der Waals surface area contributed by atoms with Crippen LogP contribution in [0, 0.1) is 18.8 Å². The van der Waals surface area contributed by atoms with Crippen molar-refractivity contribution < 1.29 is 15.3 Å². The van der Waals surface area contributed by atoms with Crippen LogP contribution in [0.2, 0.25) is 0 Å². The highest BCUT2D eigenvalue weighted by molar-refractivity contribution is 7.21. The summed E-state index contributed by atoms with van der Waals surface area (Å²) < 4.78 is 1.03. The lowest BCUT2D eigenvalue weighted by Gasteiger charge is -2.31. The normalized spacial score (nSPS) is 25.0. The van der Waals surface area contributed by atoms with Crippen LogP contribution in [-0.2, 0) is 6.42 Å². The zero-order chi connectivity index (χ0) is 23.2. The number of aliphatic hydroxyl groups is 3. The number of hydrogen-bond donors (Lipinski definition) is 5. The first-order valence-corrected chi connectivity index (χ1v) is 12.4. The molecular formula is C23H30N6O3S. The third-order valence-electron chi connectivity index (χ3n) is 6.67. The van der Waals surface area contributed by atoms with E-state index in [4.69, 9.17) is 9.97 Å². The summed E-state index contributed by atoms with van der Waals surface area (Å²) in [5.41, 5.74) is 1.63. The number of aromatic nitrogens is 4. The minimum Gasteiger partial charge on any atom is -0.396 e. The number of nitrogens with one attached hydrogen (secondary N) is 2. The van der Waals surface area contributed by atoms with Gasteiger partial charge in [-0.25, -0.2) is 9.97 Å². The molecule has 33 heavy (non-hydrogen) atoms. The van der Waals surface area contributed by atoms with Crippen LogP contribution in [0.5, 0.6) is 0 Å². The van der Waals surface area contributed by atoms with Gasteiger partial charge in [0.1, 0.15) is 22.4 Å². The average molecular weight is 471 g/mol. The van der Waals surface area contributed by atoms with Crippen LogP contribution in [-0.4, -0.2) is 60.2 Å². The Labute approximate surface area is 196 Å². The second-order valence-corrected chi connectivity index (χ2v) is 10.2. The summed E-state index contributed by atoms with van der Waals surface area (Å²) in [6, 6.07) is 1.95. The minimum absolute atomic E-state index is 0.181. The van der Waals surface area contributed by atoms with Crippen molar-refractivity contribution in [3.63, 3.8) is 0 Å². The molecule has 5 N–H and O–H groups in total. The predicted molar refractivity (Wildman–Crippen MR) is 128 cm³/mol. The van der Waals surface area contributed by atoms with E-state index in [-0.39, 0.29) is 12.5 Å². The Bertz CT molecular complexity index is 1170. The zero-order valence-electron chi connectivity index (χ0n) is 18.9. The second kappa shape index (κ2) is 8.75. The first-order chi connectivity index (χ1) is 15.9. The van der Waals surface area contributed by atoms with E-state index in [2.05, 4.69) is 27.5 Å². The van der Waals surface area contributed by atoms with Crippen molar-refractivity contribution in [2.75, 3.05) is 23.8 Å². The molecule has 2 aliphatic carbocycles. The molecule has 2 aliphatic rings. The van der Waals surface area contributed by atoms with E-state index < -0.39 is 11.8 Å². The van der Waals surface area contributed by atoms with Gasteiger partial charge in [-0.15, -0.1) is 11.3 Å². The number of aliphatic hydroxyl groups excluding tert-OH is 2. The monoisotopic (exact) mass is 470 g/mol. The fourth-order valence-electron chi connectivity index (χ4n) is 4.46. The second-order valence-electron chi connectivity index (χ2n) is 9.13. The average Bonchev–Trinajstić information content (AvgIpc) is 3.46. The van der Waals surface area contributed by atoms with Gasteiger partial charge in [-0.3, -0.25) is 4.98 Å². The van der Waals surface area contributed by atoms with Crippen molar-refractivity contribution in [2.45, 2.75) is 57.8 Å². The summed E-state index contributed by atoms with van der Waals surface area (Å²) >= 11 is 1.53. The maximum Gasteiger partial charge on any atom is 0.224 e. The Morgan fingerprint density at radius 1 is 1.21 bits per heavy atom. The Hall–Kier alpha value is -2.40. The maximum atomic E-state index is 11.2. The van der Waals surface area contributed by atoms with Crippen molar-refractivity contribution in [3.05, 3.63) is 23.7 Å². The van der Waals surface area contributed by atoms with E-state index in [0.717, 1.165) is 39.6 Å². The van der Waals surface area contributed by atoms with E-state index >= 15 is 0 Å². The first kappa shape index (κ1) is 22.4. The van der Waals surface area contributed by atoms with Gasteiger partial charge in [0, 0.05) is 25.3 Å². The molecule has 0 saturated heterocycles. The Kier molecular flexibility index (Phi) is 5.94. The molecule has 2 saturated carbocycles.